The Morgan fingerprint density at radius 1 is 1.75 bits per heavy atom. The molecular weight excluding hydrogens is 196 g/mol. The molecule has 70 valence electrons. The van der Waals surface area contributed by atoms with Crippen molar-refractivity contribution in [3.05, 3.63) is 0 Å². The lowest BCUT2D eigenvalue weighted by Gasteiger charge is -2.14. The highest BCUT2D eigenvalue weighted by molar-refractivity contribution is 7.78. The molecule has 0 aromatic heterocycles. The number of nitrogens with zero attached hydrogens (tertiary/aromatic N) is 1. The van der Waals surface area contributed by atoms with E-state index in [-0.39, 0.29) is 4.31 Å². The first kappa shape index (κ1) is 9.33. The van der Waals surface area contributed by atoms with Crippen LogP contribution in [0.2, 0.25) is 0 Å². The summed E-state index contributed by atoms with van der Waals surface area (Å²) < 4.78 is 39.0. The summed E-state index contributed by atoms with van der Waals surface area (Å²) in [6.07, 6.45) is -4.55. The van der Waals surface area contributed by atoms with Crippen molar-refractivity contribution in [2.45, 2.75) is 12.5 Å². The second-order valence-corrected chi connectivity index (χ2v) is 3.08. The van der Waals surface area contributed by atoms with Gasteiger partial charge in [0.25, 0.3) is 17.7 Å². The number of alkyl halides is 2. The Balaban J connectivity index is 2.77. The van der Waals surface area contributed by atoms with E-state index >= 15 is 0 Å². The molecule has 1 unspecified atom stereocenters. The van der Waals surface area contributed by atoms with Crippen LogP contribution in [0.4, 0.5) is 13.6 Å². The molecule has 1 saturated heterocycles. The number of hydrogen-bond donors (Lipinski definition) is 1. The summed E-state index contributed by atoms with van der Waals surface area (Å²) in [4.78, 5) is 10.2. The molecule has 1 N–H and O–H groups in total. The minimum absolute atomic E-state index is 0.102. The van der Waals surface area contributed by atoms with E-state index in [1.165, 1.54) is 0 Å². The predicted octanol–water partition coefficient (Wildman–Crippen LogP) is 0.209. The predicted molar refractivity (Wildman–Crippen MR) is 33.8 cm³/mol. The molecule has 1 amide bonds. The highest BCUT2D eigenvalue weighted by atomic mass is 32.2. The molecule has 12 heavy (non-hydrogen) atoms. The van der Waals surface area contributed by atoms with Crippen molar-refractivity contribution < 1.29 is 27.1 Å². The summed E-state index contributed by atoms with van der Waals surface area (Å²) in [7, 11) is 0. The fraction of sp³-hybridized carbons (Fsp3) is 0.750. The smallest absolute Gasteiger partial charge is 0.421 e. The molecule has 0 spiro atoms. The number of carboxylic acid groups (broad SMARTS) is 1. The van der Waals surface area contributed by atoms with Crippen LogP contribution in [0.5, 0.6) is 0 Å². The zero-order valence-electron chi connectivity index (χ0n) is 5.65. The lowest BCUT2D eigenvalue weighted by molar-refractivity contribution is 0.0612. The average Bonchev–Trinajstić information content (AvgIpc) is 2.30. The van der Waals surface area contributed by atoms with Gasteiger partial charge >= 0.3 is 6.09 Å². The second-order valence-electron chi connectivity index (χ2n) is 2.01. The van der Waals surface area contributed by atoms with Crippen LogP contribution in [0.1, 0.15) is 0 Å². The number of carbonyl (C=O) groups is 1. The Labute approximate surface area is 68.7 Å². The fourth-order valence-electron chi connectivity index (χ4n) is 0.744. The van der Waals surface area contributed by atoms with Crippen molar-refractivity contribution in [3.63, 3.8) is 0 Å². The molecule has 0 aromatic carbocycles. The molecule has 0 aliphatic carbocycles. The number of halogens is 2. The highest BCUT2D eigenvalue weighted by Crippen LogP contribution is 2.20. The van der Waals surface area contributed by atoms with Crippen LogP contribution in [0, 0.1) is 0 Å². The van der Waals surface area contributed by atoms with Gasteiger partial charge < -0.3 is 5.11 Å². The third kappa shape index (κ3) is 1.53. The molecule has 0 saturated carbocycles. The monoisotopic (exact) mass is 201 g/mol. The highest BCUT2D eigenvalue weighted by Gasteiger charge is 2.42. The van der Waals surface area contributed by atoms with Crippen molar-refractivity contribution in [2.24, 2.45) is 0 Å². The fourth-order valence-corrected chi connectivity index (χ4v) is 1.61. The van der Waals surface area contributed by atoms with Crippen LogP contribution in [0.15, 0.2) is 0 Å². The van der Waals surface area contributed by atoms with E-state index in [4.69, 9.17) is 5.11 Å². The first-order valence-corrected chi connectivity index (χ1v) is 3.92. The lowest BCUT2D eigenvalue weighted by atomic mass is 10.3. The third-order valence-corrected chi connectivity index (χ3v) is 2.37. The SMILES string of the molecule is O=C(O)N1[C@@H](C(F)F)COS1=O. The summed E-state index contributed by atoms with van der Waals surface area (Å²) in [5.74, 6) is 0. The summed E-state index contributed by atoms with van der Waals surface area (Å²) in [6.45, 7) is -0.531. The van der Waals surface area contributed by atoms with E-state index < -0.39 is 36.4 Å². The Kier molecular flexibility index (Phi) is 2.58. The topological polar surface area (TPSA) is 66.8 Å². The molecule has 2 atom stereocenters. The number of hydrogen-bond acceptors (Lipinski definition) is 3. The van der Waals surface area contributed by atoms with Gasteiger partial charge in [-0.1, -0.05) is 0 Å². The summed E-state index contributed by atoms with van der Waals surface area (Å²) >= 11 is -2.29. The Hall–Kier alpha value is -0.760. The minimum Gasteiger partial charge on any atom is -0.464 e. The number of rotatable bonds is 1. The second kappa shape index (κ2) is 3.31. The van der Waals surface area contributed by atoms with E-state index in [1.54, 1.807) is 0 Å². The molecular formula is C4H5F2NO4S. The zero-order chi connectivity index (χ0) is 9.30. The Morgan fingerprint density at radius 2 is 2.33 bits per heavy atom. The first-order valence-electron chi connectivity index (χ1n) is 2.89. The van der Waals surface area contributed by atoms with E-state index in [0.29, 0.717) is 0 Å². The van der Waals surface area contributed by atoms with E-state index in [0.717, 1.165) is 0 Å². The summed E-state index contributed by atoms with van der Waals surface area (Å²) in [5, 5.41) is 8.32. The van der Waals surface area contributed by atoms with E-state index in [9.17, 15) is 17.8 Å². The van der Waals surface area contributed by atoms with Gasteiger partial charge in [0.05, 0.1) is 6.61 Å². The zero-order valence-corrected chi connectivity index (χ0v) is 6.46. The van der Waals surface area contributed by atoms with E-state index in [1.807, 2.05) is 0 Å². The van der Waals surface area contributed by atoms with Crippen LogP contribution in [0.25, 0.3) is 0 Å². The molecule has 8 heteroatoms. The van der Waals surface area contributed by atoms with Crippen LogP contribution in [-0.4, -0.2) is 38.8 Å². The van der Waals surface area contributed by atoms with Gasteiger partial charge in [0.1, 0.15) is 6.04 Å². The number of amides is 1. The molecule has 0 radical (unpaired) electrons. The Morgan fingerprint density at radius 3 is 2.67 bits per heavy atom. The van der Waals surface area contributed by atoms with Crippen molar-refractivity contribution in [3.8, 4) is 0 Å². The molecule has 5 nitrogen and oxygen atoms in total. The summed E-state index contributed by atoms with van der Waals surface area (Å²) in [6, 6.07) is -1.62. The third-order valence-electron chi connectivity index (χ3n) is 1.28. The maximum atomic E-state index is 12.0. The quantitative estimate of drug-likeness (QED) is 0.658. The normalized spacial score (nSPS) is 29.8. The van der Waals surface area contributed by atoms with Crippen molar-refractivity contribution >= 4 is 17.4 Å². The van der Waals surface area contributed by atoms with Crippen LogP contribution in [0.3, 0.4) is 0 Å². The lowest BCUT2D eigenvalue weighted by Crippen LogP contribution is -2.40. The van der Waals surface area contributed by atoms with Gasteiger partial charge in [-0.3, -0.25) is 4.18 Å². The van der Waals surface area contributed by atoms with Crippen molar-refractivity contribution in [1.29, 1.82) is 0 Å². The van der Waals surface area contributed by atoms with Crippen LogP contribution >= 0.6 is 0 Å². The van der Waals surface area contributed by atoms with Gasteiger partial charge in [-0.25, -0.2) is 17.8 Å². The van der Waals surface area contributed by atoms with Gasteiger partial charge in [0, 0.05) is 0 Å². The van der Waals surface area contributed by atoms with Gasteiger partial charge in [0.2, 0.25) is 0 Å². The molecule has 1 heterocycles. The van der Waals surface area contributed by atoms with E-state index in [2.05, 4.69) is 4.18 Å². The molecule has 1 aliphatic rings. The van der Waals surface area contributed by atoms with Gasteiger partial charge in [-0.05, 0) is 0 Å². The average molecular weight is 201 g/mol. The van der Waals surface area contributed by atoms with Crippen LogP contribution in [-0.2, 0) is 15.4 Å². The molecule has 1 fully saturated rings. The minimum atomic E-state index is -2.88. The molecule has 1 rings (SSSR count). The summed E-state index contributed by atoms with van der Waals surface area (Å²) in [5.41, 5.74) is 0. The maximum Gasteiger partial charge on any atom is 0.421 e. The van der Waals surface area contributed by atoms with Crippen molar-refractivity contribution in [2.75, 3.05) is 6.61 Å². The largest absolute Gasteiger partial charge is 0.464 e. The van der Waals surface area contributed by atoms with Crippen LogP contribution < -0.4 is 0 Å². The molecule has 0 aromatic rings. The standard InChI is InChI=1S/C4H5F2NO4S/c5-3(6)2-1-11-12(10)7(2)4(8)9/h2-3H,1H2,(H,8,9)/t2-,12?/m1/s1. The molecule has 1 aliphatic heterocycles. The molecule has 0 bridgehead atoms. The van der Waals surface area contributed by atoms with Crippen molar-refractivity contribution in [1.82, 2.24) is 4.31 Å². The maximum absolute atomic E-state index is 12.0. The van der Waals surface area contributed by atoms with Gasteiger partial charge in [0.15, 0.2) is 0 Å². The first-order chi connectivity index (χ1) is 5.54. The van der Waals surface area contributed by atoms with Gasteiger partial charge in [-0.15, -0.1) is 0 Å². The Bertz CT molecular complexity index is 223. The van der Waals surface area contributed by atoms with Gasteiger partial charge in [-0.2, -0.15) is 4.31 Å².